The Morgan fingerprint density at radius 2 is 1.70 bits per heavy atom. The van der Waals surface area contributed by atoms with Crippen LogP contribution in [0, 0.1) is 5.92 Å². The number of allylic oxidation sites excluding steroid dienone is 4. The van der Waals surface area contributed by atoms with Crippen LogP contribution in [0.1, 0.15) is 93.4 Å². The van der Waals surface area contributed by atoms with E-state index < -0.39 is 0 Å². The second-order valence-electron chi connectivity index (χ2n) is 6.35. The molecule has 134 valence electrons. The van der Waals surface area contributed by atoms with Gasteiger partial charge in [-0.2, -0.15) is 0 Å². The van der Waals surface area contributed by atoms with Gasteiger partial charge >= 0.3 is 0 Å². The monoisotopic (exact) mass is 319 g/mol. The molecule has 0 aromatic heterocycles. The summed E-state index contributed by atoms with van der Waals surface area (Å²) in [4.78, 5) is 0. The maximum absolute atomic E-state index is 3.63. The van der Waals surface area contributed by atoms with Gasteiger partial charge in [0.1, 0.15) is 0 Å². The maximum atomic E-state index is 3.63. The van der Waals surface area contributed by atoms with Crippen molar-refractivity contribution in [2.45, 2.75) is 93.4 Å². The summed E-state index contributed by atoms with van der Waals surface area (Å²) in [6, 6.07) is 0. The van der Waals surface area contributed by atoms with E-state index in [2.05, 4.69) is 52.1 Å². The van der Waals surface area contributed by atoms with Crippen LogP contribution < -0.4 is 5.32 Å². The first kappa shape index (κ1) is 22.0. The average Bonchev–Trinajstić information content (AvgIpc) is 2.57. The lowest BCUT2D eigenvalue weighted by Gasteiger charge is -2.23. The molecule has 0 aromatic rings. The Labute approximate surface area is 146 Å². The zero-order chi connectivity index (χ0) is 17.7. The number of nitrogens with one attached hydrogen (secondary N) is 1. The molecule has 0 aromatic carbocycles. The predicted octanol–water partition coefficient (Wildman–Crippen LogP) is 7.17. The molecule has 0 fully saturated rings. The Morgan fingerprint density at radius 1 is 1.09 bits per heavy atom. The molecule has 1 aliphatic rings. The number of hydrogen-bond donors (Lipinski definition) is 1. The van der Waals surface area contributed by atoms with E-state index in [1.165, 1.54) is 55.4 Å². The van der Waals surface area contributed by atoms with Gasteiger partial charge in [-0.05, 0) is 50.2 Å². The average molecular weight is 320 g/mol. The van der Waals surface area contributed by atoms with Gasteiger partial charge in [-0.1, -0.05) is 78.0 Å². The minimum absolute atomic E-state index is 0.776. The van der Waals surface area contributed by atoms with Crippen molar-refractivity contribution in [3.8, 4) is 0 Å². The molecule has 1 nitrogen and oxygen atoms in total. The molecule has 1 aliphatic heterocycles. The Hall–Kier alpha value is -0.980. The quantitative estimate of drug-likeness (QED) is 0.475. The Kier molecular flexibility index (Phi) is 12.9. The van der Waals surface area contributed by atoms with Gasteiger partial charge in [0.05, 0.1) is 0 Å². The molecule has 1 rings (SSSR count). The Balaban J connectivity index is 0.00000232. The van der Waals surface area contributed by atoms with Gasteiger partial charge in [0, 0.05) is 12.2 Å². The molecule has 1 heteroatoms. The minimum atomic E-state index is 0.776. The van der Waals surface area contributed by atoms with Crippen LogP contribution in [0.25, 0.3) is 0 Å². The summed E-state index contributed by atoms with van der Waals surface area (Å²) in [5.74, 6) is 0.776. The van der Waals surface area contributed by atoms with Crippen LogP contribution in [0.3, 0.4) is 0 Å². The van der Waals surface area contributed by atoms with Gasteiger partial charge in [0.15, 0.2) is 0 Å². The van der Waals surface area contributed by atoms with Crippen LogP contribution >= 0.6 is 0 Å². The fourth-order valence-corrected chi connectivity index (χ4v) is 3.26. The first-order valence-corrected chi connectivity index (χ1v) is 10.0. The highest BCUT2D eigenvalue weighted by atomic mass is 14.9. The molecule has 1 N–H and O–H groups in total. The van der Waals surface area contributed by atoms with Gasteiger partial charge in [-0.15, -0.1) is 0 Å². The highest BCUT2D eigenvalue weighted by Crippen LogP contribution is 2.28. The standard InChI is InChI=1S/C20H35N.C2H6/c1-6-10-18(11-7-2)19(12-8-3)14-20-16(5)13-17(9-4)15-21-20;1-2/h13-14,18,21H,6-12,15H2,1-5H3;1-2H3/b19-14-;. The molecule has 0 spiro atoms. The molecule has 0 amide bonds. The van der Waals surface area contributed by atoms with Crippen LogP contribution in [0.4, 0.5) is 0 Å². The first-order valence-electron chi connectivity index (χ1n) is 10.0. The van der Waals surface area contributed by atoms with Crippen molar-refractivity contribution >= 4 is 0 Å². The first-order chi connectivity index (χ1) is 11.2. The van der Waals surface area contributed by atoms with E-state index in [0.29, 0.717) is 0 Å². The molecule has 23 heavy (non-hydrogen) atoms. The topological polar surface area (TPSA) is 12.0 Å². The van der Waals surface area contributed by atoms with E-state index in [1.807, 2.05) is 13.8 Å². The molecular weight excluding hydrogens is 278 g/mol. The summed E-state index contributed by atoms with van der Waals surface area (Å²) in [5, 5.41) is 3.63. The van der Waals surface area contributed by atoms with Gasteiger partial charge in [0.25, 0.3) is 0 Å². The zero-order valence-corrected chi connectivity index (χ0v) is 16.9. The van der Waals surface area contributed by atoms with Gasteiger partial charge in [-0.25, -0.2) is 0 Å². The largest absolute Gasteiger partial charge is 0.381 e. The lowest BCUT2D eigenvalue weighted by Crippen LogP contribution is -2.21. The third-order valence-corrected chi connectivity index (χ3v) is 4.47. The summed E-state index contributed by atoms with van der Waals surface area (Å²) in [6.07, 6.45) is 13.7. The highest BCUT2D eigenvalue weighted by molar-refractivity contribution is 5.39. The fourth-order valence-electron chi connectivity index (χ4n) is 3.26. The van der Waals surface area contributed by atoms with E-state index >= 15 is 0 Å². The maximum Gasteiger partial charge on any atom is 0.0372 e. The van der Waals surface area contributed by atoms with Crippen molar-refractivity contribution in [2.75, 3.05) is 6.54 Å². The fraction of sp³-hybridized carbons (Fsp3) is 0.727. The summed E-state index contributed by atoms with van der Waals surface area (Å²) in [5.41, 5.74) is 5.93. The SMILES string of the molecule is CC.CCC/C(=C/C1=C(C)C=C(CC)CN1)C(CCC)CCC. The predicted molar refractivity (Wildman–Crippen MR) is 107 cm³/mol. The number of dihydropyridines is 1. The van der Waals surface area contributed by atoms with Gasteiger partial charge in [0.2, 0.25) is 0 Å². The van der Waals surface area contributed by atoms with Crippen LogP contribution in [0.5, 0.6) is 0 Å². The van der Waals surface area contributed by atoms with Gasteiger partial charge in [-0.3, -0.25) is 0 Å². The van der Waals surface area contributed by atoms with Crippen molar-refractivity contribution < 1.29 is 0 Å². The van der Waals surface area contributed by atoms with Crippen molar-refractivity contribution in [2.24, 2.45) is 5.92 Å². The smallest absolute Gasteiger partial charge is 0.0372 e. The molecule has 0 radical (unpaired) electrons. The summed E-state index contributed by atoms with van der Waals surface area (Å²) in [6.45, 7) is 16.4. The zero-order valence-electron chi connectivity index (χ0n) is 16.9. The molecule has 0 aliphatic carbocycles. The molecule has 0 saturated heterocycles. The van der Waals surface area contributed by atoms with E-state index in [4.69, 9.17) is 0 Å². The molecule has 0 bridgehead atoms. The highest BCUT2D eigenvalue weighted by Gasteiger charge is 2.14. The third kappa shape index (κ3) is 7.90. The van der Waals surface area contributed by atoms with Gasteiger partial charge < -0.3 is 5.32 Å². The lowest BCUT2D eigenvalue weighted by atomic mass is 9.86. The summed E-state index contributed by atoms with van der Waals surface area (Å²) < 4.78 is 0. The van der Waals surface area contributed by atoms with E-state index in [0.717, 1.165) is 18.9 Å². The molecular formula is C22H41N. The molecule has 0 atom stereocenters. The van der Waals surface area contributed by atoms with E-state index in [9.17, 15) is 0 Å². The lowest BCUT2D eigenvalue weighted by molar-refractivity contribution is 0.486. The second kappa shape index (κ2) is 13.5. The van der Waals surface area contributed by atoms with Crippen LogP contribution in [0.15, 0.2) is 34.6 Å². The van der Waals surface area contributed by atoms with E-state index in [-0.39, 0.29) is 0 Å². The van der Waals surface area contributed by atoms with Crippen LogP contribution in [-0.2, 0) is 0 Å². The Bertz CT molecular complexity index is 392. The third-order valence-electron chi connectivity index (χ3n) is 4.47. The van der Waals surface area contributed by atoms with E-state index in [1.54, 1.807) is 5.57 Å². The van der Waals surface area contributed by atoms with Crippen LogP contribution in [0.2, 0.25) is 0 Å². The number of hydrogen-bond acceptors (Lipinski definition) is 1. The van der Waals surface area contributed by atoms with Crippen molar-refractivity contribution in [1.29, 1.82) is 0 Å². The van der Waals surface area contributed by atoms with Crippen molar-refractivity contribution in [3.05, 3.63) is 34.6 Å². The summed E-state index contributed by atoms with van der Waals surface area (Å²) >= 11 is 0. The van der Waals surface area contributed by atoms with Crippen molar-refractivity contribution in [1.82, 2.24) is 5.32 Å². The normalized spacial score (nSPS) is 15.1. The molecule has 0 unspecified atom stereocenters. The molecule has 0 saturated carbocycles. The molecule has 1 heterocycles. The Morgan fingerprint density at radius 3 is 2.13 bits per heavy atom. The van der Waals surface area contributed by atoms with Crippen molar-refractivity contribution in [3.63, 3.8) is 0 Å². The minimum Gasteiger partial charge on any atom is -0.381 e. The van der Waals surface area contributed by atoms with Crippen LogP contribution in [-0.4, -0.2) is 6.54 Å². The second-order valence-corrected chi connectivity index (χ2v) is 6.35. The summed E-state index contributed by atoms with van der Waals surface area (Å²) in [7, 11) is 0. The number of rotatable bonds is 9.